The van der Waals surface area contributed by atoms with Crippen LogP contribution in [0.25, 0.3) is 22.0 Å². The zero-order valence-corrected chi connectivity index (χ0v) is 24.3. The van der Waals surface area contributed by atoms with E-state index in [1.807, 2.05) is 12.1 Å². The molecule has 2 aliphatic heterocycles. The third-order valence-corrected chi connectivity index (χ3v) is 8.63. The molecule has 0 saturated carbocycles. The number of rotatable bonds is 9. The van der Waals surface area contributed by atoms with Gasteiger partial charge < -0.3 is 23.6 Å². The molecule has 2 saturated heterocycles. The first-order chi connectivity index (χ1) is 21.7. The predicted molar refractivity (Wildman–Crippen MR) is 158 cm³/mol. The summed E-state index contributed by atoms with van der Waals surface area (Å²) in [5, 5.41) is 9.88. The van der Waals surface area contributed by atoms with E-state index in [2.05, 4.69) is 9.47 Å². The minimum atomic E-state index is -4.51. The summed E-state index contributed by atoms with van der Waals surface area (Å²) in [7, 11) is 0. The summed E-state index contributed by atoms with van der Waals surface area (Å²) in [6, 6.07) is 16.1. The SMILES string of the molecule is O=C(O)c1ccc2nc(CN3CCC(c4cccc(OCc5cc6cccc(C(F)(F)F)c6o5)n4)CC3)n(CC3CCO3)c2c1. The van der Waals surface area contributed by atoms with E-state index in [4.69, 9.17) is 23.9 Å². The van der Waals surface area contributed by atoms with Gasteiger partial charge in [0.25, 0.3) is 0 Å². The number of alkyl halides is 3. The first kappa shape index (κ1) is 29.3. The van der Waals surface area contributed by atoms with Gasteiger partial charge in [0.1, 0.15) is 23.8 Å². The summed E-state index contributed by atoms with van der Waals surface area (Å²) in [6.45, 7) is 3.65. The zero-order valence-electron chi connectivity index (χ0n) is 24.3. The van der Waals surface area contributed by atoms with Crippen LogP contribution in [-0.4, -0.2) is 56.3 Å². The highest BCUT2D eigenvalue weighted by atomic mass is 19.4. The number of imidazole rings is 1. The summed E-state index contributed by atoms with van der Waals surface area (Å²) in [5.74, 6) is 0.828. The molecule has 0 spiro atoms. The maximum absolute atomic E-state index is 13.4. The van der Waals surface area contributed by atoms with Gasteiger partial charge in [-0.2, -0.15) is 13.2 Å². The number of likely N-dealkylation sites (tertiary alicyclic amines) is 1. The molecule has 1 atom stereocenters. The average molecular weight is 621 g/mol. The predicted octanol–water partition coefficient (Wildman–Crippen LogP) is 6.64. The molecular weight excluding hydrogens is 589 g/mol. The van der Waals surface area contributed by atoms with E-state index in [1.165, 1.54) is 6.07 Å². The molecule has 0 radical (unpaired) electrons. The number of halogens is 3. The number of piperidine rings is 1. The largest absolute Gasteiger partial charge is 0.478 e. The van der Waals surface area contributed by atoms with Gasteiger partial charge in [-0.05, 0) is 68.8 Å². The number of ether oxygens (including phenoxy) is 2. The molecule has 2 aliphatic rings. The lowest BCUT2D eigenvalue weighted by Gasteiger charge is -2.32. The highest BCUT2D eigenvalue weighted by molar-refractivity contribution is 5.92. The van der Waals surface area contributed by atoms with Crippen LogP contribution in [-0.2, 0) is 30.6 Å². The van der Waals surface area contributed by atoms with Crippen LogP contribution >= 0.6 is 0 Å². The number of pyridine rings is 1. The lowest BCUT2D eigenvalue weighted by molar-refractivity contribution is -0.136. The summed E-state index contributed by atoms with van der Waals surface area (Å²) in [4.78, 5) is 23.5. The van der Waals surface area contributed by atoms with Crippen LogP contribution in [0.5, 0.6) is 5.88 Å². The van der Waals surface area contributed by atoms with Crippen molar-refractivity contribution in [2.24, 2.45) is 0 Å². The summed E-state index contributed by atoms with van der Waals surface area (Å²) < 4.78 is 59.2. The van der Waals surface area contributed by atoms with Gasteiger partial charge in [-0.3, -0.25) is 4.90 Å². The number of furan rings is 1. The molecule has 0 bridgehead atoms. The van der Waals surface area contributed by atoms with E-state index >= 15 is 0 Å². The average Bonchev–Trinajstić information content (AvgIpc) is 3.58. The van der Waals surface area contributed by atoms with E-state index in [0.717, 1.165) is 67.6 Å². The molecule has 1 N–H and O–H groups in total. The molecule has 2 aromatic carbocycles. The number of hydrogen-bond donors (Lipinski definition) is 1. The van der Waals surface area contributed by atoms with E-state index in [9.17, 15) is 23.1 Å². The smallest absolute Gasteiger partial charge is 0.420 e. The summed E-state index contributed by atoms with van der Waals surface area (Å²) in [5.41, 5.74) is 1.71. The van der Waals surface area contributed by atoms with Crippen molar-refractivity contribution >= 4 is 28.0 Å². The van der Waals surface area contributed by atoms with Gasteiger partial charge in [-0.15, -0.1) is 0 Å². The quantitative estimate of drug-likeness (QED) is 0.196. The second-order valence-corrected chi connectivity index (χ2v) is 11.6. The van der Waals surface area contributed by atoms with Crippen LogP contribution in [0.3, 0.4) is 0 Å². The fourth-order valence-corrected chi connectivity index (χ4v) is 6.14. The maximum atomic E-state index is 13.4. The first-order valence-corrected chi connectivity index (χ1v) is 15.0. The van der Waals surface area contributed by atoms with Crippen LogP contribution in [0.1, 0.15) is 58.4 Å². The number of aromatic nitrogens is 3. The topological polar surface area (TPSA) is 103 Å². The van der Waals surface area contributed by atoms with Crippen molar-refractivity contribution in [3.05, 3.63) is 89.1 Å². The van der Waals surface area contributed by atoms with Crippen LogP contribution < -0.4 is 4.74 Å². The number of benzene rings is 2. The Morgan fingerprint density at radius 1 is 1.02 bits per heavy atom. The summed E-state index contributed by atoms with van der Waals surface area (Å²) >= 11 is 0. The summed E-state index contributed by atoms with van der Waals surface area (Å²) in [6.07, 6.45) is -1.67. The molecule has 5 aromatic rings. The Hall–Kier alpha value is -4.42. The molecule has 0 amide bonds. The van der Waals surface area contributed by atoms with E-state index < -0.39 is 17.7 Å². The Balaban J connectivity index is 0.999. The van der Waals surface area contributed by atoms with E-state index in [0.29, 0.717) is 24.4 Å². The van der Waals surface area contributed by atoms with E-state index in [1.54, 1.807) is 36.4 Å². The second-order valence-electron chi connectivity index (χ2n) is 11.6. The third-order valence-electron chi connectivity index (χ3n) is 8.63. The molecule has 234 valence electrons. The number of para-hydroxylation sites is 1. The molecule has 1 unspecified atom stereocenters. The second kappa shape index (κ2) is 11.8. The molecule has 9 nitrogen and oxygen atoms in total. The zero-order chi connectivity index (χ0) is 31.1. The Labute approximate surface area is 256 Å². The van der Waals surface area contributed by atoms with Crippen molar-refractivity contribution in [2.45, 2.75) is 57.2 Å². The minimum absolute atomic E-state index is 0.0399. The molecule has 7 rings (SSSR count). The third kappa shape index (κ3) is 6.12. The van der Waals surface area contributed by atoms with Crippen LogP contribution in [0.15, 0.2) is 65.1 Å². The van der Waals surface area contributed by atoms with E-state index in [-0.39, 0.29) is 35.5 Å². The van der Waals surface area contributed by atoms with Crippen LogP contribution in [0.2, 0.25) is 0 Å². The number of carboxylic acid groups (broad SMARTS) is 1. The van der Waals surface area contributed by atoms with Crippen molar-refractivity contribution < 1.29 is 37.0 Å². The normalized spacial score (nSPS) is 18.0. The molecular formula is C33H31F3N4O5. The van der Waals surface area contributed by atoms with Crippen LogP contribution in [0, 0.1) is 0 Å². The number of nitrogens with zero attached hydrogens (tertiary/aromatic N) is 4. The monoisotopic (exact) mass is 620 g/mol. The first-order valence-electron chi connectivity index (χ1n) is 15.0. The van der Waals surface area contributed by atoms with Crippen molar-refractivity contribution in [1.82, 2.24) is 19.4 Å². The Morgan fingerprint density at radius 2 is 1.82 bits per heavy atom. The lowest BCUT2D eigenvalue weighted by atomic mass is 9.93. The Kier molecular flexibility index (Phi) is 7.70. The number of fused-ring (bicyclic) bond motifs is 2. The molecule has 5 heterocycles. The van der Waals surface area contributed by atoms with Gasteiger partial charge in [0, 0.05) is 29.7 Å². The molecule has 3 aromatic heterocycles. The molecule has 2 fully saturated rings. The number of aromatic carboxylic acids is 1. The Morgan fingerprint density at radius 3 is 2.56 bits per heavy atom. The van der Waals surface area contributed by atoms with Gasteiger partial charge >= 0.3 is 12.1 Å². The fourth-order valence-electron chi connectivity index (χ4n) is 6.14. The van der Waals surface area contributed by atoms with Crippen LogP contribution in [0.4, 0.5) is 13.2 Å². The highest BCUT2D eigenvalue weighted by Crippen LogP contribution is 2.36. The Bertz CT molecular complexity index is 1850. The van der Waals surface area contributed by atoms with Gasteiger partial charge in [0.05, 0.1) is 41.4 Å². The molecule has 0 aliphatic carbocycles. The van der Waals surface area contributed by atoms with Crippen molar-refractivity contribution in [3.8, 4) is 5.88 Å². The lowest BCUT2D eigenvalue weighted by Crippen LogP contribution is -2.35. The number of carboxylic acids is 1. The molecule has 12 heteroatoms. The molecule has 45 heavy (non-hydrogen) atoms. The number of hydrogen-bond acceptors (Lipinski definition) is 7. The van der Waals surface area contributed by atoms with Gasteiger partial charge in [-0.25, -0.2) is 14.8 Å². The number of carbonyl (C=O) groups is 1. The van der Waals surface area contributed by atoms with Gasteiger partial charge in [-0.1, -0.05) is 18.2 Å². The van der Waals surface area contributed by atoms with Crippen molar-refractivity contribution in [2.75, 3.05) is 19.7 Å². The standard InChI is InChI=1S/C33H31F3N4O5/c34-33(35,36)25-4-1-3-21-15-24(45-31(21)25)19-44-30-6-2-5-26(38-30)20-9-12-39(13-10-20)18-29-37-27-8-7-22(32(41)42)16-28(27)40(29)17-23-11-14-43-23/h1-8,15-16,20,23H,9-14,17-19H2,(H,41,42). The highest BCUT2D eigenvalue weighted by Gasteiger charge is 2.34. The maximum Gasteiger partial charge on any atom is 0.420 e. The van der Waals surface area contributed by atoms with Crippen molar-refractivity contribution in [1.29, 1.82) is 0 Å². The fraction of sp³-hybridized carbons (Fsp3) is 0.364. The van der Waals surface area contributed by atoms with Crippen molar-refractivity contribution in [3.63, 3.8) is 0 Å². The minimum Gasteiger partial charge on any atom is -0.478 e. The van der Waals surface area contributed by atoms with Gasteiger partial charge in [0.15, 0.2) is 0 Å². The van der Waals surface area contributed by atoms with Gasteiger partial charge in [0.2, 0.25) is 5.88 Å².